The maximum Gasteiger partial charge on any atom is 0.514 e. The molecule has 57 heavy (non-hydrogen) atoms. The average molecular weight is 795 g/mol. The summed E-state index contributed by atoms with van der Waals surface area (Å²) in [7, 11) is 1.51. The third-order valence-corrected chi connectivity index (χ3v) is 8.38. The second-order valence-corrected chi connectivity index (χ2v) is 14.7. The molecular weight excluding hydrogens is 744 g/mol. The number of rotatable bonds is 18. The van der Waals surface area contributed by atoms with E-state index in [-0.39, 0.29) is 61.2 Å². The van der Waals surface area contributed by atoms with Crippen LogP contribution in [-0.2, 0) is 46.6 Å². The largest absolute Gasteiger partial charge is 0.514 e. The molecule has 1 aliphatic heterocycles. The summed E-state index contributed by atoms with van der Waals surface area (Å²) in [5.41, 5.74) is 0.267. The van der Waals surface area contributed by atoms with Crippen LogP contribution >= 0.6 is 0 Å². The van der Waals surface area contributed by atoms with E-state index in [0.29, 0.717) is 36.1 Å². The first-order valence-corrected chi connectivity index (χ1v) is 18.3. The first kappa shape index (κ1) is 45.1. The summed E-state index contributed by atoms with van der Waals surface area (Å²) in [5.74, 6) is -2.50. The molecule has 6 amide bonds. The molecule has 0 spiro atoms. The fourth-order valence-electron chi connectivity index (χ4n) is 5.33. The predicted octanol–water partition coefficient (Wildman–Crippen LogP) is 4.75. The van der Waals surface area contributed by atoms with Gasteiger partial charge in [0.05, 0.1) is 4.92 Å². The summed E-state index contributed by atoms with van der Waals surface area (Å²) in [6, 6.07) is 7.55. The number of carbonyl (C=O) groups is 7. The van der Waals surface area contributed by atoms with E-state index in [1.807, 2.05) is 0 Å². The van der Waals surface area contributed by atoms with Crippen LogP contribution in [0.2, 0.25) is 0 Å². The molecule has 1 aliphatic rings. The van der Waals surface area contributed by atoms with Crippen LogP contribution < -0.4 is 20.7 Å². The molecule has 3 rings (SSSR count). The lowest BCUT2D eigenvalue weighted by Crippen LogP contribution is -2.53. The highest BCUT2D eigenvalue weighted by atomic mass is 16.7. The number of ether oxygens (including phenoxy) is 3. The van der Waals surface area contributed by atoms with Crippen LogP contribution in [0.3, 0.4) is 0 Å². The number of nitrogens with zero attached hydrogens (tertiary/aromatic N) is 3. The fourth-order valence-corrected chi connectivity index (χ4v) is 5.33. The molecule has 0 unspecified atom stereocenters. The minimum absolute atomic E-state index is 0.0218. The van der Waals surface area contributed by atoms with Crippen molar-refractivity contribution in [2.75, 3.05) is 18.9 Å². The van der Waals surface area contributed by atoms with Gasteiger partial charge in [-0.15, -0.1) is 0 Å². The highest BCUT2D eigenvalue weighted by Gasteiger charge is 2.28. The van der Waals surface area contributed by atoms with Crippen molar-refractivity contribution < 1.29 is 52.7 Å². The molecule has 2 aromatic carbocycles. The van der Waals surface area contributed by atoms with Gasteiger partial charge in [0.2, 0.25) is 17.7 Å². The Hall–Kier alpha value is -6.33. The maximum atomic E-state index is 13.3. The number of hydrogen-bond acceptors (Lipinski definition) is 12. The zero-order chi connectivity index (χ0) is 42.4. The predicted molar refractivity (Wildman–Crippen MR) is 205 cm³/mol. The molecule has 0 aromatic heterocycles. The molecule has 0 bridgehead atoms. The number of imide groups is 1. The van der Waals surface area contributed by atoms with E-state index in [0.717, 1.165) is 4.90 Å². The number of amides is 6. The topological polar surface area (TPSA) is 233 Å². The van der Waals surface area contributed by atoms with Gasteiger partial charge in [-0.3, -0.25) is 39.0 Å². The van der Waals surface area contributed by atoms with Crippen LogP contribution in [0, 0.1) is 16.0 Å². The van der Waals surface area contributed by atoms with Crippen molar-refractivity contribution in [2.45, 2.75) is 98.1 Å². The van der Waals surface area contributed by atoms with Crippen LogP contribution in [0.1, 0.15) is 78.4 Å². The second-order valence-electron chi connectivity index (χ2n) is 14.7. The van der Waals surface area contributed by atoms with Crippen LogP contribution in [-0.4, -0.2) is 87.8 Å². The average Bonchev–Trinajstić information content (AvgIpc) is 3.45. The van der Waals surface area contributed by atoms with Gasteiger partial charge in [0.1, 0.15) is 30.0 Å². The number of benzene rings is 2. The first-order valence-electron chi connectivity index (χ1n) is 18.3. The van der Waals surface area contributed by atoms with Crippen LogP contribution in [0.15, 0.2) is 54.6 Å². The number of anilines is 1. The number of nitro benzene ring substituents is 1. The van der Waals surface area contributed by atoms with Gasteiger partial charge in [-0.25, -0.2) is 9.59 Å². The molecule has 18 heteroatoms. The number of unbranched alkanes of at least 4 members (excludes halogenated alkanes) is 2. The molecule has 1 heterocycles. The number of nitro groups is 1. The van der Waals surface area contributed by atoms with E-state index >= 15 is 0 Å². The van der Waals surface area contributed by atoms with E-state index in [1.165, 1.54) is 55.3 Å². The molecule has 0 saturated carbocycles. The Morgan fingerprint density at radius 1 is 0.877 bits per heavy atom. The molecule has 0 aliphatic carbocycles. The molecule has 0 saturated heterocycles. The molecule has 0 radical (unpaired) electrons. The number of hydrogen-bond donors (Lipinski definition) is 3. The van der Waals surface area contributed by atoms with Gasteiger partial charge in [0.15, 0.2) is 0 Å². The Bertz CT molecular complexity index is 1840. The van der Waals surface area contributed by atoms with Gasteiger partial charge < -0.3 is 35.1 Å². The number of non-ortho nitro benzene ring substituents is 1. The highest BCUT2D eigenvalue weighted by molar-refractivity contribution is 6.12. The van der Waals surface area contributed by atoms with E-state index in [2.05, 4.69) is 16.0 Å². The lowest BCUT2D eigenvalue weighted by molar-refractivity contribution is -0.384. The zero-order valence-electron chi connectivity index (χ0n) is 33.1. The number of carbonyl (C=O) groups excluding carboxylic acids is 7. The summed E-state index contributed by atoms with van der Waals surface area (Å²) in [6.45, 7) is 10.1. The first-order chi connectivity index (χ1) is 26.7. The molecule has 3 N–H and O–H groups in total. The second kappa shape index (κ2) is 20.5. The van der Waals surface area contributed by atoms with Crippen molar-refractivity contribution in [1.29, 1.82) is 0 Å². The minimum Gasteiger partial charge on any atom is -0.444 e. The Kier molecular flexibility index (Phi) is 16.2. The van der Waals surface area contributed by atoms with Crippen LogP contribution in [0.25, 0.3) is 0 Å². The zero-order valence-corrected chi connectivity index (χ0v) is 33.1. The van der Waals surface area contributed by atoms with Gasteiger partial charge in [-0.05, 0) is 81.8 Å². The van der Waals surface area contributed by atoms with Gasteiger partial charge in [-0.1, -0.05) is 26.3 Å². The molecule has 2 atom stereocenters. The minimum atomic E-state index is -1.09. The lowest BCUT2D eigenvalue weighted by atomic mass is 10.0. The highest BCUT2D eigenvalue weighted by Crippen LogP contribution is 2.22. The van der Waals surface area contributed by atoms with Gasteiger partial charge in [-0.2, -0.15) is 0 Å². The van der Waals surface area contributed by atoms with E-state index in [9.17, 15) is 43.7 Å². The maximum absolute atomic E-state index is 13.3. The fraction of sp³-hybridized carbons (Fsp3) is 0.462. The molecule has 2 aromatic rings. The molecule has 308 valence electrons. The van der Waals surface area contributed by atoms with Crippen molar-refractivity contribution in [3.05, 3.63) is 75.9 Å². The lowest BCUT2D eigenvalue weighted by Gasteiger charge is -2.25. The van der Waals surface area contributed by atoms with Crippen molar-refractivity contribution in [3.8, 4) is 5.75 Å². The summed E-state index contributed by atoms with van der Waals surface area (Å²) < 4.78 is 15.9. The third kappa shape index (κ3) is 14.7. The normalized spacial score (nSPS) is 13.4. The van der Waals surface area contributed by atoms with Crippen LogP contribution in [0.5, 0.6) is 5.75 Å². The summed E-state index contributed by atoms with van der Waals surface area (Å²) >= 11 is 0. The summed E-state index contributed by atoms with van der Waals surface area (Å²) in [5, 5.41) is 19.0. The van der Waals surface area contributed by atoms with Gasteiger partial charge >= 0.3 is 12.2 Å². The van der Waals surface area contributed by atoms with Crippen molar-refractivity contribution in [1.82, 2.24) is 20.4 Å². The number of nitrogens with one attached hydrogen (secondary N) is 3. The smallest absolute Gasteiger partial charge is 0.444 e. The van der Waals surface area contributed by atoms with Gasteiger partial charge in [0.25, 0.3) is 17.5 Å². The molecule has 0 fully saturated rings. The quantitative estimate of drug-likeness (QED) is 0.0464. The molecular formula is C39H50N6O12. The standard InChI is InChI=1S/C39H50N6O12/c1-24(2)34(42-31(46)11-9-8-10-20-44-32(47)18-19-33(44)48)36(50)40-25(3)35(49)41-28-13-12-26(27(21-28)22-43(7)37(51)57-39(4,5)6)23-55-38(52)56-30-16-14-29(15-17-30)45(53)54/h12-19,21,24-25,34H,8-11,20,22-23H2,1-7H3,(H,40,50)(H,41,49)(H,42,46)/t25-,34-/m0/s1. The van der Waals surface area contributed by atoms with E-state index in [1.54, 1.807) is 52.8 Å². The van der Waals surface area contributed by atoms with Crippen molar-refractivity contribution >= 4 is 53.2 Å². The summed E-state index contributed by atoms with van der Waals surface area (Å²) in [4.78, 5) is 101. The van der Waals surface area contributed by atoms with E-state index < -0.39 is 46.7 Å². The Morgan fingerprint density at radius 2 is 1.53 bits per heavy atom. The van der Waals surface area contributed by atoms with Crippen molar-refractivity contribution in [2.24, 2.45) is 5.92 Å². The van der Waals surface area contributed by atoms with Crippen molar-refractivity contribution in [3.63, 3.8) is 0 Å². The molecule has 18 nitrogen and oxygen atoms in total. The monoisotopic (exact) mass is 794 g/mol. The Morgan fingerprint density at radius 3 is 2.12 bits per heavy atom. The third-order valence-electron chi connectivity index (χ3n) is 8.38. The van der Waals surface area contributed by atoms with E-state index in [4.69, 9.17) is 14.2 Å². The Labute approximate surface area is 330 Å². The van der Waals surface area contributed by atoms with Gasteiger partial charge in [0, 0.05) is 56.5 Å². The van der Waals surface area contributed by atoms with Crippen LogP contribution in [0.4, 0.5) is 21.0 Å². The summed E-state index contributed by atoms with van der Waals surface area (Å²) in [6.07, 6.45) is 2.45. The Balaban J connectivity index is 1.61. The SMILES string of the molecule is CC(C)[C@H](NC(=O)CCCCCN1C(=O)C=CC1=O)C(=O)N[C@@H](C)C(=O)Nc1ccc(COC(=O)Oc2ccc([N+](=O)[O-])cc2)c(CN(C)C(=O)OC(C)(C)C)c1.